The van der Waals surface area contributed by atoms with Gasteiger partial charge in [0.25, 0.3) is 0 Å². The molecule has 5 heteroatoms. The first kappa shape index (κ1) is 13.1. The quantitative estimate of drug-likeness (QED) is 0.768. The number of aromatic nitrogens is 2. The van der Waals surface area contributed by atoms with E-state index in [9.17, 15) is 9.90 Å². The van der Waals surface area contributed by atoms with Crippen molar-refractivity contribution in [1.29, 1.82) is 0 Å². The molecule has 3 rings (SSSR count). The number of carboxylic acids is 1. The van der Waals surface area contributed by atoms with Crippen LogP contribution in [-0.4, -0.2) is 21.0 Å². The molecule has 21 heavy (non-hydrogen) atoms. The number of hydrogen-bond donors (Lipinski definition) is 2. The van der Waals surface area contributed by atoms with E-state index in [0.717, 1.165) is 11.1 Å². The van der Waals surface area contributed by atoms with Gasteiger partial charge >= 0.3 is 5.97 Å². The third-order valence-corrected chi connectivity index (χ3v) is 3.19. The maximum atomic E-state index is 11.2. The lowest BCUT2D eigenvalue weighted by Gasteiger charge is -2.10. The van der Waals surface area contributed by atoms with Crippen LogP contribution < -0.4 is 5.32 Å². The van der Waals surface area contributed by atoms with E-state index in [0.29, 0.717) is 17.7 Å². The van der Waals surface area contributed by atoms with E-state index in [1.807, 2.05) is 36.4 Å². The topological polar surface area (TPSA) is 75.1 Å². The van der Waals surface area contributed by atoms with E-state index in [1.54, 1.807) is 12.3 Å². The van der Waals surface area contributed by atoms with Crippen LogP contribution in [0, 0.1) is 0 Å². The summed E-state index contributed by atoms with van der Waals surface area (Å²) in [6.07, 6.45) is 3.11. The lowest BCUT2D eigenvalue weighted by Crippen LogP contribution is -2.06. The van der Waals surface area contributed by atoms with Crippen molar-refractivity contribution in [3.05, 3.63) is 66.1 Å². The molecule has 0 bridgehead atoms. The summed E-state index contributed by atoms with van der Waals surface area (Å²) >= 11 is 0. The Balaban J connectivity index is 1.96. The summed E-state index contributed by atoms with van der Waals surface area (Å²) < 4.78 is 0. The maximum absolute atomic E-state index is 11.2. The fraction of sp³-hybridized carbons (Fsp3) is 0.0625. The van der Waals surface area contributed by atoms with Crippen molar-refractivity contribution in [1.82, 2.24) is 9.97 Å². The second-order valence-electron chi connectivity index (χ2n) is 4.55. The summed E-state index contributed by atoms with van der Waals surface area (Å²) in [6.45, 7) is 0.532. The Morgan fingerprint density at radius 3 is 2.52 bits per heavy atom. The lowest BCUT2D eigenvalue weighted by atomic mass is 10.1. The first-order valence-corrected chi connectivity index (χ1v) is 6.50. The fourth-order valence-corrected chi connectivity index (χ4v) is 2.18. The van der Waals surface area contributed by atoms with Gasteiger partial charge in [0.1, 0.15) is 5.82 Å². The number of aromatic carboxylic acids is 1. The Morgan fingerprint density at radius 2 is 1.81 bits per heavy atom. The molecule has 104 valence electrons. The van der Waals surface area contributed by atoms with Gasteiger partial charge in [-0.15, -0.1) is 0 Å². The minimum absolute atomic E-state index is 0.203. The minimum atomic E-state index is -0.977. The van der Waals surface area contributed by atoms with Gasteiger partial charge in [0.05, 0.1) is 17.8 Å². The second kappa shape index (κ2) is 5.58. The summed E-state index contributed by atoms with van der Waals surface area (Å²) in [5, 5.41) is 13.9. The van der Waals surface area contributed by atoms with E-state index in [-0.39, 0.29) is 5.56 Å². The molecule has 0 saturated heterocycles. The van der Waals surface area contributed by atoms with Crippen LogP contribution in [0.5, 0.6) is 0 Å². The van der Waals surface area contributed by atoms with Crippen LogP contribution in [0.15, 0.2) is 54.9 Å². The molecule has 2 N–H and O–H groups in total. The van der Waals surface area contributed by atoms with Gasteiger partial charge in [-0.1, -0.05) is 30.3 Å². The second-order valence-corrected chi connectivity index (χ2v) is 4.55. The Kier molecular flexibility index (Phi) is 3.47. The standard InChI is InChI=1S/C16H13N3O2/c20-16(21)14-10-19-15(13-7-2-1-6-12(13)14)18-9-11-5-3-4-8-17-11/h1-8,10H,9H2,(H,18,19)(H,20,21). The Bertz CT molecular complexity index is 788. The highest BCUT2D eigenvalue weighted by Crippen LogP contribution is 2.24. The van der Waals surface area contributed by atoms with Crippen molar-refractivity contribution in [2.24, 2.45) is 0 Å². The number of nitrogens with zero attached hydrogens (tertiary/aromatic N) is 2. The van der Waals surface area contributed by atoms with Crippen molar-refractivity contribution < 1.29 is 9.90 Å². The zero-order chi connectivity index (χ0) is 14.7. The molecular formula is C16H13N3O2. The average Bonchev–Trinajstić information content (AvgIpc) is 2.53. The Hall–Kier alpha value is -2.95. The van der Waals surface area contributed by atoms with E-state index < -0.39 is 5.97 Å². The molecule has 3 aromatic rings. The molecule has 2 heterocycles. The predicted molar refractivity (Wildman–Crippen MR) is 80.3 cm³/mol. The molecule has 0 unspecified atom stereocenters. The smallest absolute Gasteiger partial charge is 0.337 e. The molecule has 0 amide bonds. The number of anilines is 1. The first-order chi connectivity index (χ1) is 10.3. The average molecular weight is 279 g/mol. The van der Waals surface area contributed by atoms with Gasteiger partial charge in [-0.2, -0.15) is 0 Å². The number of rotatable bonds is 4. The summed E-state index contributed by atoms with van der Waals surface area (Å²) in [5.41, 5.74) is 1.10. The number of nitrogens with one attached hydrogen (secondary N) is 1. The van der Waals surface area contributed by atoms with Crippen LogP contribution in [0.3, 0.4) is 0 Å². The van der Waals surface area contributed by atoms with Crippen LogP contribution in [0.4, 0.5) is 5.82 Å². The largest absolute Gasteiger partial charge is 0.478 e. The zero-order valence-corrected chi connectivity index (χ0v) is 11.2. The molecule has 0 aliphatic heterocycles. The molecule has 0 radical (unpaired) electrons. The van der Waals surface area contributed by atoms with Crippen LogP contribution in [-0.2, 0) is 6.54 Å². The maximum Gasteiger partial charge on any atom is 0.337 e. The van der Waals surface area contributed by atoms with E-state index in [4.69, 9.17) is 0 Å². The van der Waals surface area contributed by atoms with E-state index >= 15 is 0 Å². The van der Waals surface area contributed by atoms with Crippen molar-refractivity contribution in [2.75, 3.05) is 5.32 Å². The molecule has 0 spiro atoms. The SMILES string of the molecule is O=C(O)c1cnc(NCc2ccccn2)c2ccccc12. The number of fused-ring (bicyclic) bond motifs is 1. The molecule has 0 fully saturated rings. The van der Waals surface area contributed by atoms with E-state index in [2.05, 4.69) is 15.3 Å². The summed E-state index contributed by atoms with van der Waals surface area (Å²) in [4.78, 5) is 19.7. The number of carboxylic acid groups (broad SMARTS) is 1. The number of hydrogen-bond acceptors (Lipinski definition) is 4. The first-order valence-electron chi connectivity index (χ1n) is 6.50. The van der Waals surface area contributed by atoms with Crippen LogP contribution in [0.1, 0.15) is 16.1 Å². The van der Waals surface area contributed by atoms with Crippen LogP contribution >= 0.6 is 0 Å². The number of benzene rings is 1. The molecule has 2 aromatic heterocycles. The Morgan fingerprint density at radius 1 is 1.05 bits per heavy atom. The number of carbonyl (C=O) groups is 1. The molecule has 0 aliphatic rings. The van der Waals surface area contributed by atoms with E-state index in [1.165, 1.54) is 6.20 Å². The zero-order valence-electron chi connectivity index (χ0n) is 11.2. The van der Waals surface area contributed by atoms with Gasteiger partial charge in [-0.05, 0) is 12.1 Å². The molecule has 0 saturated carbocycles. The van der Waals surface area contributed by atoms with Crippen molar-refractivity contribution in [3.63, 3.8) is 0 Å². The lowest BCUT2D eigenvalue weighted by molar-refractivity contribution is 0.0698. The van der Waals surface area contributed by atoms with Crippen LogP contribution in [0.2, 0.25) is 0 Å². The van der Waals surface area contributed by atoms with Gasteiger partial charge in [-0.3, -0.25) is 4.98 Å². The normalized spacial score (nSPS) is 10.5. The molecule has 1 aromatic carbocycles. The molecule has 0 aliphatic carbocycles. The summed E-state index contributed by atoms with van der Waals surface area (Å²) in [5.74, 6) is -0.323. The monoisotopic (exact) mass is 279 g/mol. The van der Waals surface area contributed by atoms with Gasteiger partial charge < -0.3 is 10.4 Å². The summed E-state index contributed by atoms with van der Waals surface area (Å²) in [6, 6.07) is 13.0. The molecular weight excluding hydrogens is 266 g/mol. The third kappa shape index (κ3) is 2.67. The molecule has 5 nitrogen and oxygen atoms in total. The van der Waals surface area contributed by atoms with Crippen LogP contribution in [0.25, 0.3) is 10.8 Å². The van der Waals surface area contributed by atoms with Gasteiger partial charge in [-0.25, -0.2) is 9.78 Å². The van der Waals surface area contributed by atoms with Gasteiger partial charge in [0.2, 0.25) is 0 Å². The Labute approximate surface area is 121 Å². The highest BCUT2D eigenvalue weighted by molar-refractivity contribution is 6.06. The predicted octanol–water partition coefficient (Wildman–Crippen LogP) is 2.94. The number of pyridine rings is 2. The highest BCUT2D eigenvalue weighted by Gasteiger charge is 2.11. The summed E-state index contributed by atoms with van der Waals surface area (Å²) in [7, 11) is 0. The van der Waals surface area contributed by atoms with Gasteiger partial charge in [0.15, 0.2) is 0 Å². The highest BCUT2D eigenvalue weighted by atomic mass is 16.4. The van der Waals surface area contributed by atoms with Crippen molar-refractivity contribution >= 4 is 22.6 Å². The van der Waals surface area contributed by atoms with Crippen molar-refractivity contribution in [3.8, 4) is 0 Å². The minimum Gasteiger partial charge on any atom is -0.478 e. The van der Waals surface area contributed by atoms with Gasteiger partial charge in [0, 0.05) is 23.2 Å². The van der Waals surface area contributed by atoms with Crippen molar-refractivity contribution in [2.45, 2.75) is 6.54 Å². The fourth-order valence-electron chi connectivity index (χ4n) is 2.18. The molecule has 0 atom stereocenters. The third-order valence-electron chi connectivity index (χ3n) is 3.19.